The van der Waals surface area contributed by atoms with Crippen LogP contribution in [0.2, 0.25) is 0 Å². The first kappa shape index (κ1) is 19.7. The highest BCUT2D eigenvalue weighted by Crippen LogP contribution is 2.36. The Morgan fingerprint density at radius 1 is 1.00 bits per heavy atom. The van der Waals surface area contributed by atoms with Gasteiger partial charge in [0.1, 0.15) is 11.6 Å². The van der Waals surface area contributed by atoms with Crippen LogP contribution < -0.4 is 4.74 Å². The zero-order valence-electron chi connectivity index (χ0n) is 15.7. The van der Waals surface area contributed by atoms with Crippen molar-refractivity contribution in [2.24, 2.45) is 0 Å². The van der Waals surface area contributed by atoms with E-state index in [9.17, 15) is 13.2 Å². The average molecular weight is 378 g/mol. The molecule has 0 aliphatic carbocycles. The number of hydrogen-bond donors (Lipinski definition) is 0. The fourth-order valence-electron chi connectivity index (χ4n) is 3.66. The van der Waals surface area contributed by atoms with Gasteiger partial charge in [0.15, 0.2) is 11.6 Å². The van der Waals surface area contributed by atoms with E-state index in [2.05, 4.69) is 6.92 Å². The van der Waals surface area contributed by atoms with Crippen LogP contribution in [0, 0.1) is 17.5 Å². The number of benzene rings is 2. The minimum atomic E-state index is -1.02. The fraction of sp³-hybridized carbons (Fsp3) is 0.455. The smallest absolute Gasteiger partial charge is 0.167 e. The van der Waals surface area contributed by atoms with Crippen molar-refractivity contribution in [3.8, 4) is 16.9 Å². The average Bonchev–Trinajstić information content (AvgIpc) is 2.66. The van der Waals surface area contributed by atoms with Crippen LogP contribution >= 0.6 is 0 Å². The Labute approximate surface area is 158 Å². The molecule has 0 amide bonds. The van der Waals surface area contributed by atoms with Crippen molar-refractivity contribution < 1.29 is 22.6 Å². The summed E-state index contributed by atoms with van der Waals surface area (Å²) < 4.78 is 54.8. The maximum atomic E-state index is 14.7. The van der Waals surface area contributed by atoms with Gasteiger partial charge in [-0.3, -0.25) is 0 Å². The zero-order valence-corrected chi connectivity index (χ0v) is 15.7. The molecule has 2 aromatic rings. The number of halogens is 3. The first-order chi connectivity index (χ1) is 13.0. The molecular formula is C22H25F3O2. The molecule has 2 aromatic carbocycles. The van der Waals surface area contributed by atoms with Crippen molar-refractivity contribution in [2.45, 2.75) is 51.6 Å². The van der Waals surface area contributed by atoms with Crippen LogP contribution in [0.1, 0.15) is 51.0 Å². The van der Waals surface area contributed by atoms with Crippen LogP contribution in [0.4, 0.5) is 13.2 Å². The second kappa shape index (κ2) is 8.79. The van der Waals surface area contributed by atoms with Crippen molar-refractivity contribution in [1.29, 1.82) is 0 Å². The molecule has 1 saturated heterocycles. The van der Waals surface area contributed by atoms with Gasteiger partial charge in [0, 0.05) is 23.1 Å². The van der Waals surface area contributed by atoms with Gasteiger partial charge in [-0.2, -0.15) is 0 Å². The van der Waals surface area contributed by atoms with Crippen molar-refractivity contribution in [3.63, 3.8) is 0 Å². The van der Waals surface area contributed by atoms with Gasteiger partial charge in [-0.15, -0.1) is 0 Å². The lowest BCUT2D eigenvalue weighted by Gasteiger charge is -2.29. The highest BCUT2D eigenvalue weighted by Gasteiger charge is 2.27. The summed E-state index contributed by atoms with van der Waals surface area (Å²) in [5.41, 5.74) is 0.235. The Morgan fingerprint density at radius 2 is 1.78 bits per heavy atom. The summed E-state index contributed by atoms with van der Waals surface area (Å²) in [5.74, 6) is -2.39. The molecule has 0 bridgehead atoms. The summed E-state index contributed by atoms with van der Waals surface area (Å²) in [6, 6.07) is 7.16. The minimum Gasteiger partial charge on any atom is -0.494 e. The Morgan fingerprint density at radius 3 is 2.41 bits per heavy atom. The van der Waals surface area contributed by atoms with Crippen LogP contribution in [-0.4, -0.2) is 19.3 Å². The van der Waals surface area contributed by atoms with E-state index in [1.54, 1.807) is 19.1 Å². The highest BCUT2D eigenvalue weighted by atomic mass is 19.2. The lowest BCUT2D eigenvalue weighted by molar-refractivity contribution is -0.00181. The summed E-state index contributed by atoms with van der Waals surface area (Å²) in [5, 5.41) is 0. The van der Waals surface area contributed by atoms with Gasteiger partial charge in [-0.1, -0.05) is 25.5 Å². The summed E-state index contributed by atoms with van der Waals surface area (Å²) in [6.45, 7) is 4.68. The molecule has 146 valence electrons. The van der Waals surface area contributed by atoms with Crippen LogP contribution in [0.25, 0.3) is 11.1 Å². The van der Waals surface area contributed by atoms with Crippen LogP contribution in [0.5, 0.6) is 5.75 Å². The normalized spacial score (nSPS) is 19.9. The van der Waals surface area contributed by atoms with Gasteiger partial charge in [0.2, 0.25) is 0 Å². The van der Waals surface area contributed by atoms with Crippen molar-refractivity contribution in [1.82, 2.24) is 0 Å². The van der Waals surface area contributed by atoms with Gasteiger partial charge in [0.25, 0.3) is 0 Å². The first-order valence-corrected chi connectivity index (χ1v) is 9.57. The Bertz CT molecular complexity index is 783. The minimum absolute atomic E-state index is 0.0179. The van der Waals surface area contributed by atoms with E-state index in [1.165, 1.54) is 18.2 Å². The molecule has 2 atom stereocenters. The maximum Gasteiger partial charge on any atom is 0.167 e. The maximum absolute atomic E-state index is 14.7. The quantitative estimate of drug-likeness (QED) is 0.593. The fourth-order valence-corrected chi connectivity index (χ4v) is 3.66. The van der Waals surface area contributed by atoms with Crippen LogP contribution in [0.3, 0.4) is 0 Å². The molecule has 27 heavy (non-hydrogen) atoms. The molecule has 0 N–H and O–H groups in total. The second-order valence-electron chi connectivity index (χ2n) is 6.92. The molecule has 1 heterocycles. The van der Waals surface area contributed by atoms with Crippen molar-refractivity contribution in [3.05, 3.63) is 53.3 Å². The first-order valence-electron chi connectivity index (χ1n) is 9.57. The second-order valence-corrected chi connectivity index (χ2v) is 6.92. The predicted molar refractivity (Wildman–Crippen MR) is 99.5 cm³/mol. The third-order valence-electron chi connectivity index (χ3n) is 5.07. The van der Waals surface area contributed by atoms with Crippen molar-refractivity contribution in [2.75, 3.05) is 13.2 Å². The summed E-state index contributed by atoms with van der Waals surface area (Å²) in [7, 11) is 0. The Kier molecular flexibility index (Phi) is 6.42. The molecule has 3 rings (SSSR count). The Balaban J connectivity index is 1.84. The third kappa shape index (κ3) is 4.29. The summed E-state index contributed by atoms with van der Waals surface area (Å²) in [6.07, 6.45) is 3.84. The van der Waals surface area contributed by atoms with E-state index in [0.717, 1.165) is 25.7 Å². The van der Waals surface area contributed by atoms with Gasteiger partial charge in [-0.25, -0.2) is 13.2 Å². The van der Waals surface area contributed by atoms with Gasteiger partial charge in [0.05, 0.1) is 19.3 Å². The number of ether oxygens (including phenoxy) is 2. The van der Waals surface area contributed by atoms with E-state index < -0.39 is 17.5 Å². The monoisotopic (exact) mass is 378 g/mol. The van der Waals surface area contributed by atoms with Crippen molar-refractivity contribution >= 4 is 0 Å². The van der Waals surface area contributed by atoms with Gasteiger partial charge < -0.3 is 9.47 Å². The summed E-state index contributed by atoms with van der Waals surface area (Å²) in [4.78, 5) is 0. The lowest BCUT2D eigenvalue weighted by atomic mass is 9.88. The Hall–Kier alpha value is -2.01. The molecule has 2 nitrogen and oxygen atoms in total. The van der Waals surface area contributed by atoms with E-state index in [0.29, 0.717) is 24.5 Å². The molecule has 0 saturated carbocycles. The van der Waals surface area contributed by atoms with E-state index in [-0.39, 0.29) is 23.1 Å². The number of hydrogen-bond acceptors (Lipinski definition) is 2. The molecule has 1 fully saturated rings. The van der Waals surface area contributed by atoms with Crippen LogP contribution in [-0.2, 0) is 4.74 Å². The SMILES string of the molecule is CCCC1CCC(c2ccc(-c3ccc(OCC)cc3F)c(F)c2F)CO1. The molecule has 1 aliphatic rings. The van der Waals surface area contributed by atoms with Gasteiger partial charge in [-0.05, 0) is 43.9 Å². The molecule has 0 spiro atoms. The lowest BCUT2D eigenvalue weighted by Crippen LogP contribution is -2.25. The topological polar surface area (TPSA) is 18.5 Å². The highest BCUT2D eigenvalue weighted by molar-refractivity contribution is 5.66. The third-order valence-corrected chi connectivity index (χ3v) is 5.07. The number of rotatable bonds is 6. The predicted octanol–water partition coefficient (Wildman–Crippen LogP) is 6.23. The molecule has 0 radical (unpaired) electrons. The molecule has 5 heteroatoms. The standard InChI is InChI=1S/C22H25F3O2/c1-3-5-15-7-6-14(13-27-15)17-10-11-19(22(25)21(17)24)18-9-8-16(26-4-2)12-20(18)23/h8-12,14-15H,3-7,13H2,1-2H3. The summed E-state index contributed by atoms with van der Waals surface area (Å²) >= 11 is 0. The molecule has 2 unspecified atom stereocenters. The van der Waals surface area contributed by atoms with Crippen LogP contribution in [0.15, 0.2) is 30.3 Å². The molecule has 1 aliphatic heterocycles. The van der Waals surface area contributed by atoms with E-state index in [4.69, 9.17) is 9.47 Å². The zero-order chi connectivity index (χ0) is 19.4. The van der Waals surface area contributed by atoms with Gasteiger partial charge >= 0.3 is 0 Å². The largest absolute Gasteiger partial charge is 0.494 e. The molecule has 0 aromatic heterocycles. The van der Waals surface area contributed by atoms with E-state index in [1.807, 2.05) is 0 Å². The van der Waals surface area contributed by atoms with E-state index >= 15 is 0 Å². The molecular weight excluding hydrogens is 353 g/mol.